The number of aromatic amines is 1. The summed E-state index contributed by atoms with van der Waals surface area (Å²) in [6.45, 7) is 2.04. The molecule has 0 radical (unpaired) electrons. The zero-order chi connectivity index (χ0) is 15.7. The Labute approximate surface area is 128 Å². The Morgan fingerprint density at radius 2 is 2.18 bits per heavy atom. The van der Waals surface area contributed by atoms with Crippen LogP contribution in [0.5, 0.6) is 5.75 Å². The number of nitrogens with one attached hydrogen (secondary N) is 2. The van der Waals surface area contributed by atoms with Crippen molar-refractivity contribution in [1.29, 1.82) is 0 Å². The number of ketones is 1. The van der Waals surface area contributed by atoms with Crippen LogP contribution in [0.2, 0.25) is 0 Å². The van der Waals surface area contributed by atoms with Gasteiger partial charge in [-0.25, -0.2) is 0 Å². The minimum Gasteiger partial charge on any atom is -0.497 e. The molecule has 0 saturated heterocycles. The first-order chi connectivity index (χ1) is 10.6. The van der Waals surface area contributed by atoms with Crippen LogP contribution >= 0.6 is 0 Å². The van der Waals surface area contributed by atoms with E-state index in [1.165, 1.54) is 0 Å². The first-order valence-corrected chi connectivity index (χ1v) is 7.27. The summed E-state index contributed by atoms with van der Waals surface area (Å²) in [6, 6.07) is 7.12. The highest BCUT2D eigenvalue weighted by atomic mass is 16.5. The number of fused-ring (bicyclic) bond motifs is 1. The fourth-order valence-electron chi connectivity index (χ4n) is 2.86. The quantitative estimate of drug-likeness (QED) is 0.915. The van der Waals surface area contributed by atoms with Crippen molar-refractivity contribution >= 4 is 17.4 Å². The van der Waals surface area contributed by atoms with Crippen molar-refractivity contribution in [3.8, 4) is 5.75 Å². The van der Waals surface area contributed by atoms with Crippen molar-refractivity contribution in [3.63, 3.8) is 0 Å². The molecule has 1 aliphatic carbocycles. The molecule has 1 aliphatic rings. The van der Waals surface area contributed by atoms with Crippen LogP contribution in [0.3, 0.4) is 0 Å². The van der Waals surface area contributed by atoms with Crippen molar-refractivity contribution < 1.29 is 14.3 Å². The topological polar surface area (TPSA) is 71.2 Å². The molecule has 5 heteroatoms. The summed E-state index contributed by atoms with van der Waals surface area (Å²) in [5.41, 5.74) is 2.45. The van der Waals surface area contributed by atoms with Crippen molar-refractivity contribution in [1.82, 2.24) is 4.98 Å². The summed E-state index contributed by atoms with van der Waals surface area (Å²) in [5, 5.41) is 2.81. The monoisotopic (exact) mass is 298 g/mol. The second-order valence-corrected chi connectivity index (χ2v) is 5.68. The maximum absolute atomic E-state index is 12.4. The number of ether oxygens (including phenoxy) is 1. The minimum atomic E-state index is -0.284. The summed E-state index contributed by atoms with van der Waals surface area (Å²) in [5.74, 6) is 0.728. The van der Waals surface area contributed by atoms with E-state index in [-0.39, 0.29) is 11.7 Å². The van der Waals surface area contributed by atoms with Gasteiger partial charge in [0.25, 0.3) is 5.91 Å². The van der Waals surface area contributed by atoms with Crippen molar-refractivity contribution in [2.24, 2.45) is 5.92 Å². The molecule has 0 aliphatic heterocycles. The number of benzene rings is 1. The van der Waals surface area contributed by atoms with E-state index in [4.69, 9.17) is 4.74 Å². The van der Waals surface area contributed by atoms with Gasteiger partial charge in [0, 0.05) is 30.1 Å². The predicted octanol–water partition coefficient (Wildman–Crippen LogP) is 3.04. The van der Waals surface area contributed by atoms with Gasteiger partial charge in [-0.1, -0.05) is 13.0 Å². The molecule has 3 rings (SSSR count). The van der Waals surface area contributed by atoms with Gasteiger partial charge in [-0.05, 0) is 24.5 Å². The number of hydrogen-bond donors (Lipinski definition) is 2. The Kier molecular flexibility index (Phi) is 3.71. The highest BCUT2D eigenvalue weighted by Crippen LogP contribution is 2.28. The van der Waals surface area contributed by atoms with Crippen LogP contribution in [-0.2, 0) is 6.42 Å². The van der Waals surface area contributed by atoms with E-state index in [1.54, 1.807) is 37.6 Å². The van der Waals surface area contributed by atoms with E-state index in [9.17, 15) is 9.59 Å². The van der Waals surface area contributed by atoms with Crippen LogP contribution in [0.4, 0.5) is 5.69 Å². The zero-order valence-electron chi connectivity index (χ0n) is 12.6. The Morgan fingerprint density at radius 1 is 1.36 bits per heavy atom. The number of carbonyl (C=O) groups excluding carboxylic acids is 2. The molecule has 0 spiro atoms. The maximum Gasteiger partial charge on any atom is 0.257 e. The lowest BCUT2D eigenvalue weighted by Crippen LogP contribution is -2.21. The van der Waals surface area contributed by atoms with Crippen LogP contribution in [0.25, 0.3) is 0 Å². The number of anilines is 1. The number of aromatic nitrogens is 1. The molecule has 1 amide bonds. The number of Topliss-reactive ketones (excluding diaryl/α,β-unsaturated/α-hetero) is 1. The fraction of sp³-hybridized carbons (Fsp3) is 0.294. The Balaban J connectivity index is 1.86. The molecule has 1 unspecified atom stereocenters. The van der Waals surface area contributed by atoms with Gasteiger partial charge in [-0.2, -0.15) is 0 Å². The van der Waals surface area contributed by atoms with E-state index in [2.05, 4.69) is 10.3 Å². The van der Waals surface area contributed by atoms with Crippen molar-refractivity contribution in [2.75, 3.05) is 12.4 Å². The van der Waals surface area contributed by atoms with E-state index < -0.39 is 0 Å². The number of amides is 1. The van der Waals surface area contributed by atoms with Crippen LogP contribution in [-0.4, -0.2) is 23.8 Å². The van der Waals surface area contributed by atoms with Crippen molar-refractivity contribution in [2.45, 2.75) is 19.8 Å². The zero-order valence-corrected chi connectivity index (χ0v) is 12.6. The maximum atomic E-state index is 12.4. The Bertz CT molecular complexity index is 733. The van der Waals surface area contributed by atoms with Gasteiger partial charge in [0.15, 0.2) is 5.78 Å². The van der Waals surface area contributed by atoms with Gasteiger partial charge in [0.05, 0.1) is 18.2 Å². The second kappa shape index (κ2) is 5.67. The van der Waals surface area contributed by atoms with Crippen LogP contribution in [0.15, 0.2) is 30.5 Å². The SMILES string of the molecule is COc1cccc(NC(=O)c2c[nH]c3c2C(=O)CC(C)C3)c1. The molecule has 22 heavy (non-hydrogen) atoms. The fourth-order valence-corrected chi connectivity index (χ4v) is 2.86. The van der Waals surface area contributed by atoms with E-state index in [0.29, 0.717) is 34.9 Å². The van der Waals surface area contributed by atoms with Crippen molar-refractivity contribution in [3.05, 3.63) is 47.3 Å². The van der Waals surface area contributed by atoms with Gasteiger partial charge in [-0.15, -0.1) is 0 Å². The first-order valence-electron chi connectivity index (χ1n) is 7.27. The number of rotatable bonds is 3. The summed E-state index contributed by atoms with van der Waals surface area (Å²) < 4.78 is 5.13. The number of H-pyrrole nitrogens is 1. The third kappa shape index (κ3) is 2.62. The van der Waals surface area contributed by atoms with Crippen LogP contribution in [0.1, 0.15) is 39.8 Å². The third-order valence-corrected chi connectivity index (χ3v) is 3.90. The van der Waals surface area contributed by atoms with Gasteiger partial charge < -0.3 is 15.0 Å². The average molecular weight is 298 g/mol. The van der Waals surface area contributed by atoms with E-state index in [1.807, 2.05) is 6.92 Å². The molecule has 1 aromatic carbocycles. The lowest BCUT2D eigenvalue weighted by Gasteiger charge is -2.17. The summed E-state index contributed by atoms with van der Waals surface area (Å²) in [6.07, 6.45) is 2.91. The minimum absolute atomic E-state index is 0.0331. The first kappa shape index (κ1) is 14.4. The van der Waals surface area contributed by atoms with Crippen LogP contribution < -0.4 is 10.1 Å². The number of methoxy groups -OCH3 is 1. The molecule has 0 bridgehead atoms. The molecule has 1 atom stereocenters. The average Bonchev–Trinajstić information content (AvgIpc) is 2.91. The van der Waals surface area contributed by atoms with Gasteiger partial charge in [0.1, 0.15) is 5.75 Å². The molecular formula is C17H18N2O3. The third-order valence-electron chi connectivity index (χ3n) is 3.90. The predicted molar refractivity (Wildman–Crippen MR) is 83.6 cm³/mol. The normalized spacial score (nSPS) is 17.0. The standard InChI is InChI=1S/C17H18N2O3/c1-10-6-14-16(15(20)7-10)13(9-18-14)17(21)19-11-4-3-5-12(8-11)22-2/h3-5,8-10,18H,6-7H2,1-2H3,(H,19,21). The molecule has 0 saturated carbocycles. The molecule has 0 fully saturated rings. The second-order valence-electron chi connectivity index (χ2n) is 5.68. The van der Waals surface area contributed by atoms with Gasteiger partial charge in [0.2, 0.25) is 0 Å². The number of carbonyl (C=O) groups is 2. The molecule has 1 heterocycles. The van der Waals surface area contributed by atoms with Gasteiger partial charge >= 0.3 is 0 Å². The molecule has 114 valence electrons. The lowest BCUT2D eigenvalue weighted by molar-refractivity contribution is 0.0940. The highest BCUT2D eigenvalue weighted by Gasteiger charge is 2.29. The van der Waals surface area contributed by atoms with E-state index >= 15 is 0 Å². The van der Waals surface area contributed by atoms with Gasteiger partial charge in [-0.3, -0.25) is 9.59 Å². The number of hydrogen-bond acceptors (Lipinski definition) is 3. The molecule has 2 aromatic rings. The largest absolute Gasteiger partial charge is 0.497 e. The molecule has 1 aromatic heterocycles. The van der Waals surface area contributed by atoms with E-state index in [0.717, 1.165) is 12.1 Å². The summed E-state index contributed by atoms with van der Waals surface area (Å²) in [4.78, 5) is 27.7. The summed E-state index contributed by atoms with van der Waals surface area (Å²) >= 11 is 0. The molecule has 2 N–H and O–H groups in total. The highest BCUT2D eigenvalue weighted by molar-refractivity contribution is 6.13. The molecule has 5 nitrogen and oxygen atoms in total. The Hall–Kier alpha value is -2.56. The smallest absolute Gasteiger partial charge is 0.257 e. The lowest BCUT2D eigenvalue weighted by atomic mass is 9.86. The molecular weight excluding hydrogens is 280 g/mol. The van der Waals surface area contributed by atoms with Crippen LogP contribution in [0, 0.1) is 5.92 Å². The Morgan fingerprint density at radius 3 is 2.95 bits per heavy atom. The summed E-state index contributed by atoms with van der Waals surface area (Å²) in [7, 11) is 1.57.